The summed E-state index contributed by atoms with van der Waals surface area (Å²) in [6, 6.07) is 14.1. The van der Waals surface area contributed by atoms with Crippen LogP contribution in [0.3, 0.4) is 0 Å². The molecular weight excluding hydrogens is 342 g/mol. The first-order valence-corrected chi connectivity index (χ1v) is 8.84. The minimum absolute atomic E-state index is 0.0860. The van der Waals surface area contributed by atoms with Crippen LogP contribution in [-0.2, 0) is 0 Å². The fourth-order valence-corrected chi connectivity index (χ4v) is 3.45. The molecule has 4 rings (SSSR count). The van der Waals surface area contributed by atoms with Crippen molar-refractivity contribution in [3.63, 3.8) is 0 Å². The number of benzene rings is 2. The van der Waals surface area contributed by atoms with E-state index in [1.165, 1.54) is 9.95 Å². The summed E-state index contributed by atoms with van der Waals surface area (Å²) in [6.07, 6.45) is 4.52. The molecule has 0 amide bonds. The monoisotopic (exact) mass is 361 g/mol. The molecule has 0 spiro atoms. The number of carboxylic acid groups (broad SMARTS) is 1. The number of nitrogens with one attached hydrogen (secondary N) is 1. The largest absolute Gasteiger partial charge is 0.477 e. The molecular formula is C21H19N3O3. The van der Waals surface area contributed by atoms with E-state index < -0.39 is 11.5 Å². The third kappa shape index (κ3) is 3.10. The third-order valence-electron chi connectivity index (χ3n) is 4.95. The molecule has 0 saturated carbocycles. The van der Waals surface area contributed by atoms with E-state index in [4.69, 9.17) is 0 Å². The molecule has 136 valence electrons. The molecule has 0 radical (unpaired) electrons. The van der Waals surface area contributed by atoms with Gasteiger partial charge in [-0.3, -0.25) is 9.36 Å². The van der Waals surface area contributed by atoms with E-state index in [9.17, 15) is 14.7 Å². The van der Waals surface area contributed by atoms with Gasteiger partial charge < -0.3 is 10.4 Å². The number of fused-ring (bicyclic) bond motifs is 2. The van der Waals surface area contributed by atoms with Gasteiger partial charge in [0.05, 0.1) is 0 Å². The van der Waals surface area contributed by atoms with Gasteiger partial charge in [0.25, 0.3) is 5.56 Å². The van der Waals surface area contributed by atoms with Crippen LogP contribution in [0.15, 0.2) is 59.7 Å². The SMILES string of the molecule is CC1CC/C(=C\Nc2ccc3ccccc3c2)c2ncc(C(=O)O)c(=O)n21. The van der Waals surface area contributed by atoms with Crippen LogP contribution >= 0.6 is 0 Å². The van der Waals surface area contributed by atoms with E-state index in [0.29, 0.717) is 5.82 Å². The number of hydrogen-bond acceptors (Lipinski definition) is 4. The molecule has 2 heterocycles. The molecule has 27 heavy (non-hydrogen) atoms. The first-order chi connectivity index (χ1) is 13.0. The van der Waals surface area contributed by atoms with Crippen LogP contribution in [0.25, 0.3) is 16.3 Å². The van der Waals surface area contributed by atoms with Gasteiger partial charge in [0.2, 0.25) is 0 Å². The molecule has 0 fully saturated rings. The Morgan fingerprint density at radius 3 is 2.81 bits per heavy atom. The molecule has 0 bridgehead atoms. The molecule has 0 saturated heterocycles. The zero-order valence-corrected chi connectivity index (χ0v) is 14.8. The number of nitrogens with zero attached hydrogens (tertiary/aromatic N) is 2. The second-order valence-corrected chi connectivity index (χ2v) is 6.74. The maximum Gasteiger partial charge on any atom is 0.342 e. The molecule has 2 N–H and O–H groups in total. The van der Waals surface area contributed by atoms with E-state index in [-0.39, 0.29) is 11.6 Å². The van der Waals surface area contributed by atoms with Gasteiger partial charge in [-0.25, -0.2) is 9.78 Å². The van der Waals surface area contributed by atoms with Gasteiger partial charge in [-0.2, -0.15) is 0 Å². The van der Waals surface area contributed by atoms with E-state index >= 15 is 0 Å². The molecule has 6 heteroatoms. The number of aromatic nitrogens is 2. The van der Waals surface area contributed by atoms with Crippen molar-refractivity contribution in [2.75, 3.05) is 5.32 Å². The Morgan fingerprint density at radius 1 is 1.26 bits per heavy atom. The number of allylic oxidation sites excluding steroid dienone is 1. The third-order valence-corrected chi connectivity index (χ3v) is 4.95. The van der Waals surface area contributed by atoms with Crippen LogP contribution in [0.1, 0.15) is 42.0 Å². The molecule has 1 aliphatic rings. The second kappa shape index (κ2) is 6.72. The van der Waals surface area contributed by atoms with Crippen LogP contribution in [-0.4, -0.2) is 20.6 Å². The van der Waals surface area contributed by atoms with Crippen molar-refractivity contribution in [2.45, 2.75) is 25.8 Å². The minimum atomic E-state index is -1.25. The highest BCUT2D eigenvalue weighted by Gasteiger charge is 2.25. The van der Waals surface area contributed by atoms with Gasteiger partial charge >= 0.3 is 5.97 Å². The zero-order chi connectivity index (χ0) is 19.0. The average Bonchev–Trinajstić information content (AvgIpc) is 2.67. The standard InChI is InChI=1S/C21H19N3O3/c1-13-6-7-16(19-23-12-18(21(26)27)20(25)24(13)19)11-22-17-9-8-14-4-2-3-5-15(14)10-17/h2-5,8-13,22H,6-7H2,1H3,(H,26,27)/b16-11+. The van der Waals surface area contributed by atoms with Gasteiger partial charge in [0.15, 0.2) is 0 Å². The van der Waals surface area contributed by atoms with Crippen LogP contribution in [0.4, 0.5) is 5.69 Å². The molecule has 1 aromatic heterocycles. The first kappa shape index (κ1) is 17.0. The highest BCUT2D eigenvalue weighted by atomic mass is 16.4. The average molecular weight is 361 g/mol. The maximum absolute atomic E-state index is 12.5. The smallest absolute Gasteiger partial charge is 0.342 e. The van der Waals surface area contributed by atoms with Gasteiger partial charge in [-0.1, -0.05) is 30.3 Å². The quantitative estimate of drug-likeness (QED) is 0.739. The highest BCUT2D eigenvalue weighted by molar-refractivity contribution is 5.87. The lowest BCUT2D eigenvalue weighted by Gasteiger charge is -2.26. The van der Waals surface area contributed by atoms with Crippen molar-refractivity contribution in [3.05, 3.63) is 76.6 Å². The van der Waals surface area contributed by atoms with Gasteiger partial charge in [0.1, 0.15) is 11.4 Å². The minimum Gasteiger partial charge on any atom is -0.477 e. The summed E-state index contributed by atoms with van der Waals surface area (Å²) in [7, 11) is 0. The van der Waals surface area contributed by atoms with Crippen molar-refractivity contribution < 1.29 is 9.90 Å². The summed E-state index contributed by atoms with van der Waals surface area (Å²) in [6.45, 7) is 1.91. The lowest BCUT2D eigenvalue weighted by molar-refractivity contribution is 0.0693. The van der Waals surface area contributed by atoms with E-state index in [0.717, 1.165) is 35.7 Å². The summed E-state index contributed by atoms with van der Waals surface area (Å²) in [4.78, 5) is 28.0. The van der Waals surface area contributed by atoms with Crippen LogP contribution in [0.2, 0.25) is 0 Å². The topological polar surface area (TPSA) is 84.2 Å². The Morgan fingerprint density at radius 2 is 2.04 bits per heavy atom. The van der Waals surface area contributed by atoms with Crippen molar-refractivity contribution >= 4 is 28.0 Å². The molecule has 3 aromatic rings. The predicted molar refractivity (Wildman–Crippen MR) is 105 cm³/mol. The van der Waals surface area contributed by atoms with Gasteiger partial charge in [-0.05, 0) is 42.7 Å². The van der Waals surface area contributed by atoms with Crippen LogP contribution in [0, 0.1) is 0 Å². The first-order valence-electron chi connectivity index (χ1n) is 8.84. The fraction of sp³-hybridized carbons (Fsp3) is 0.190. The molecule has 1 aliphatic heterocycles. The van der Waals surface area contributed by atoms with Crippen molar-refractivity contribution in [1.29, 1.82) is 0 Å². The number of anilines is 1. The number of aromatic carboxylic acids is 1. The van der Waals surface area contributed by atoms with E-state index in [2.05, 4.69) is 34.6 Å². The van der Waals surface area contributed by atoms with E-state index in [1.807, 2.05) is 31.3 Å². The van der Waals surface area contributed by atoms with Crippen molar-refractivity contribution in [1.82, 2.24) is 9.55 Å². The number of carbonyl (C=O) groups is 1. The summed E-state index contributed by atoms with van der Waals surface area (Å²) >= 11 is 0. The summed E-state index contributed by atoms with van der Waals surface area (Å²) in [5.74, 6) is -0.725. The normalized spacial score (nSPS) is 17.7. The zero-order valence-electron chi connectivity index (χ0n) is 14.8. The molecule has 0 aliphatic carbocycles. The molecule has 1 atom stereocenters. The summed E-state index contributed by atoms with van der Waals surface area (Å²) < 4.78 is 1.49. The second-order valence-electron chi connectivity index (χ2n) is 6.74. The Kier molecular flexibility index (Phi) is 4.24. The predicted octanol–water partition coefficient (Wildman–Crippen LogP) is 3.90. The highest BCUT2D eigenvalue weighted by Crippen LogP contribution is 2.30. The Hall–Kier alpha value is -3.41. The van der Waals surface area contributed by atoms with Crippen LogP contribution < -0.4 is 10.9 Å². The number of hydrogen-bond donors (Lipinski definition) is 2. The van der Waals surface area contributed by atoms with Gasteiger partial charge in [-0.15, -0.1) is 0 Å². The fourth-order valence-electron chi connectivity index (χ4n) is 3.45. The maximum atomic E-state index is 12.5. The van der Waals surface area contributed by atoms with Crippen molar-refractivity contribution in [3.8, 4) is 0 Å². The lowest BCUT2D eigenvalue weighted by Crippen LogP contribution is -2.34. The summed E-state index contributed by atoms with van der Waals surface area (Å²) in [5, 5.41) is 14.8. The Balaban J connectivity index is 1.70. The lowest BCUT2D eigenvalue weighted by atomic mass is 10.0. The number of carboxylic acids is 1. The van der Waals surface area contributed by atoms with Crippen molar-refractivity contribution in [2.24, 2.45) is 0 Å². The molecule has 6 nitrogen and oxygen atoms in total. The van der Waals surface area contributed by atoms with E-state index in [1.54, 1.807) is 0 Å². The van der Waals surface area contributed by atoms with Gasteiger partial charge in [0, 0.05) is 29.7 Å². The Labute approximate surface area is 155 Å². The van der Waals surface area contributed by atoms with Crippen LogP contribution in [0.5, 0.6) is 0 Å². The summed E-state index contributed by atoms with van der Waals surface area (Å²) in [5.41, 5.74) is 1.02. The molecule has 2 aromatic carbocycles. The number of rotatable bonds is 3. The molecule has 1 unspecified atom stereocenters. The Bertz CT molecular complexity index is 1130.